The predicted molar refractivity (Wildman–Crippen MR) is 141 cm³/mol. The van der Waals surface area contributed by atoms with Gasteiger partial charge in [-0.2, -0.15) is 0 Å². The molecule has 7 heteroatoms. The van der Waals surface area contributed by atoms with Gasteiger partial charge in [-0.1, -0.05) is 48.3 Å². The van der Waals surface area contributed by atoms with E-state index in [2.05, 4.69) is 39.7 Å². The molecule has 1 heterocycles. The Kier molecular flexibility index (Phi) is 10.1. The Morgan fingerprint density at radius 1 is 0.971 bits per heavy atom. The molecule has 182 valence electrons. The SMILES string of the molecule is CCCN(CCC)C(=O)Cn1c(CCCCCNC(=O)c2ccc(Br)cc2)nc2ccccc21. The maximum absolute atomic E-state index is 13.0. The van der Waals surface area contributed by atoms with E-state index < -0.39 is 0 Å². The zero-order valence-corrected chi connectivity index (χ0v) is 21.8. The fourth-order valence-electron chi connectivity index (χ4n) is 4.12. The molecule has 0 atom stereocenters. The van der Waals surface area contributed by atoms with E-state index in [4.69, 9.17) is 4.98 Å². The van der Waals surface area contributed by atoms with Crippen LogP contribution in [0.2, 0.25) is 0 Å². The van der Waals surface area contributed by atoms with Crippen molar-refractivity contribution in [1.82, 2.24) is 19.8 Å². The minimum atomic E-state index is -0.0449. The van der Waals surface area contributed by atoms with Crippen LogP contribution < -0.4 is 5.32 Å². The number of unbranched alkanes of at least 4 members (excludes halogenated alkanes) is 2. The second-order valence-electron chi connectivity index (χ2n) is 8.56. The van der Waals surface area contributed by atoms with Gasteiger partial charge in [-0.15, -0.1) is 0 Å². The first-order valence-electron chi connectivity index (χ1n) is 12.3. The summed E-state index contributed by atoms with van der Waals surface area (Å²) >= 11 is 3.39. The molecule has 2 amide bonds. The molecule has 1 N–H and O–H groups in total. The van der Waals surface area contributed by atoms with Gasteiger partial charge in [0.2, 0.25) is 5.91 Å². The number of benzene rings is 2. The van der Waals surface area contributed by atoms with E-state index in [1.165, 1.54) is 0 Å². The number of carbonyl (C=O) groups is 2. The average Bonchev–Trinajstić information content (AvgIpc) is 3.18. The number of carbonyl (C=O) groups excluding carboxylic acids is 2. The highest BCUT2D eigenvalue weighted by atomic mass is 79.9. The van der Waals surface area contributed by atoms with E-state index in [1.807, 2.05) is 53.4 Å². The lowest BCUT2D eigenvalue weighted by Gasteiger charge is -2.22. The molecule has 34 heavy (non-hydrogen) atoms. The first-order chi connectivity index (χ1) is 16.5. The number of nitrogens with zero attached hydrogens (tertiary/aromatic N) is 3. The van der Waals surface area contributed by atoms with Gasteiger partial charge in [0.05, 0.1) is 11.0 Å². The minimum Gasteiger partial charge on any atom is -0.352 e. The maximum Gasteiger partial charge on any atom is 0.251 e. The Bertz CT molecular complexity index is 1070. The van der Waals surface area contributed by atoms with Gasteiger partial charge in [-0.05, 0) is 62.1 Å². The van der Waals surface area contributed by atoms with Gasteiger partial charge >= 0.3 is 0 Å². The summed E-state index contributed by atoms with van der Waals surface area (Å²) in [7, 11) is 0. The van der Waals surface area contributed by atoms with Crippen molar-refractivity contribution in [2.75, 3.05) is 19.6 Å². The summed E-state index contributed by atoms with van der Waals surface area (Å²) in [5, 5.41) is 2.99. The van der Waals surface area contributed by atoms with Gasteiger partial charge < -0.3 is 14.8 Å². The zero-order valence-electron chi connectivity index (χ0n) is 20.2. The summed E-state index contributed by atoms with van der Waals surface area (Å²) in [4.78, 5) is 32.1. The highest BCUT2D eigenvalue weighted by Gasteiger charge is 2.17. The third-order valence-electron chi connectivity index (χ3n) is 5.84. The molecule has 0 aliphatic heterocycles. The number of para-hydroxylation sites is 2. The van der Waals surface area contributed by atoms with Crippen LogP contribution in [0.15, 0.2) is 53.0 Å². The van der Waals surface area contributed by atoms with Crippen molar-refractivity contribution in [3.63, 3.8) is 0 Å². The van der Waals surface area contributed by atoms with Gasteiger partial charge in [-0.3, -0.25) is 9.59 Å². The van der Waals surface area contributed by atoms with Crippen LogP contribution in [-0.2, 0) is 17.8 Å². The second kappa shape index (κ2) is 13.3. The Morgan fingerprint density at radius 3 is 2.38 bits per heavy atom. The average molecular weight is 528 g/mol. The lowest BCUT2D eigenvalue weighted by Crippen LogP contribution is -2.35. The number of fused-ring (bicyclic) bond motifs is 1. The van der Waals surface area contributed by atoms with Crippen molar-refractivity contribution in [2.24, 2.45) is 0 Å². The number of rotatable bonds is 13. The maximum atomic E-state index is 13.0. The van der Waals surface area contributed by atoms with Crippen molar-refractivity contribution in [3.05, 3.63) is 64.4 Å². The van der Waals surface area contributed by atoms with Gasteiger partial charge in [0.15, 0.2) is 0 Å². The summed E-state index contributed by atoms with van der Waals surface area (Å²) in [6.45, 7) is 6.78. The smallest absolute Gasteiger partial charge is 0.251 e. The molecular formula is C27H35BrN4O2. The monoisotopic (exact) mass is 526 g/mol. The van der Waals surface area contributed by atoms with E-state index in [9.17, 15) is 9.59 Å². The molecule has 3 rings (SSSR count). The highest BCUT2D eigenvalue weighted by molar-refractivity contribution is 9.10. The fraction of sp³-hybridized carbons (Fsp3) is 0.444. The fourth-order valence-corrected chi connectivity index (χ4v) is 4.38. The van der Waals surface area contributed by atoms with Crippen LogP contribution in [0.1, 0.15) is 62.1 Å². The molecule has 0 saturated heterocycles. The Labute approximate surface area is 210 Å². The standard InChI is InChI=1S/C27H35BrN4O2/c1-3-18-31(19-4-2)26(33)20-32-24-11-8-7-10-23(24)30-25(32)12-6-5-9-17-29-27(34)21-13-15-22(28)16-14-21/h7-8,10-11,13-16H,3-6,9,12,17-20H2,1-2H3,(H,29,34). The van der Waals surface area contributed by atoms with Gasteiger partial charge in [-0.25, -0.2) is 4.98 Å². The van der Waals surface area contributed by atoms with Crippen molar-refractivity contribution < 1.29 is 9.59 Å². The number of hydrogen-bond acceptors (Lipinski definition) is 3. The predicted octanol–water partition coefficient (Wildman–Crippen LogP) is 5.59. The molecule has 1 aromatic heterocycles. The Hall–Kier alpha value is -2.67. The lowest BCUT2D eigenvalue weighted by atomic mass is 10.1. The third kappa shape index (κ3) is 7.16. The van der Waals surface area contributed by atoms with Crippen LogP contribution in [-0.4, -0.2) is 45.9 Å². The molecule has 0 radical (unpaired) electrons. The van der Waals surface area contributed by atoms with Crippen molar-refractivity contribution in [2.45, 2.75) is 58.9 Å². The molecule has 0 aliphatic rings. The van der Waals surface area contributed by atoms with E-state index in [0.29, 0.717) is 18.7 Å². The first kappa shape index (κ1) is 25.9. The molecule has 3 aromatic rings. The van der Waals surface area contributed by atoms with Crippen LogP contribution in [0.5, 0.6) is 0 Å². The van der Waals surface area contributed by atoms with Gasteiger partial charge in [0.1, 0.15) is 12.4 Å². The van der Waals surface area contributed by atoms with Crippen LogP contribution in [0, 0.1) is 0 Å². The van der Waals surface area contributed by atoms with Crippen LogP contribution in [0.25, 0.3) is 11.0 Å². The van der Waals surface area contributed by atoms with Crippen molar-refractivity contribution >= 4 is 38.8 Å². The van der Waals surface area contributed by atoms with E-state index >= 15 is 0 Å². The van der Waals surface area contributed by atoms with Crippen LogP contribution >= 0.6 is 15.9 Å². The minimum absolute atomic E-state index is 0.0449. The largest absolute Gasteiger partial charge is 0.352 e. The highest BCUT2D eigenvalue weighted by Crippen LogP contribution is 2.18. The van der Waals surface area contributed by atoms with Crippen molar-refractivity contribution in [3.8, 4) is 0 Å². The molecule has 0 aliphatic carbocycles. The first-order valence-corrected chi connectivity index (χ1v) is 13.1. The molecule has 0 saturated carbocycles. The van der Waals surface area contributed by atoms with Crippen LogP contribution in [0.3, 0.4) is 0 Å². The van der Waals surface area contributed by atoms with E-state index in [0.717, 1.165) is 72.9 Å². The lowest BCUT2D eigenvalue weighted by molar-refractivity contribution is -0.131. The summed E-state index contributed by atoms with van der Waals surface area (Å²) in [5.41, 5.74) is 2.62. The van der Waals surface area contributed by atoms with Crippen molar-refractivity contribution in [1.29, 1.82) is 0 Å². The molecule has 0 bridgehead atoms. The van der Waals surface area contributed by atoms with Gasteiger partial charge in [0.25, 0.3) is 5.91 Å². The molecule has 0 unspecified atom stereocenters. The Morgan fingerprint density at radius 2 is 1.68 bits per heavy atom. The number of nitrogens with one attached hydrogen (secondary N) is 1. The summed E-state index contributed by atoms with van der Waals surface area (Å²) in [6.07, 6.45) is 5.57. The summed E-state index contributed by atoms with van der Waals surface area (Å²) in [6, 6.07) is 15.4. The topological polar surface area (TPSA) is 67.2 Å². The summed E-state index contributed by atoms with van der Waals surface area (Å²) < 4.78 is 3.05. The molecular weight excluding hydrogens is 492 g/mol. The number of aryl methyl sites for hydroxylation is 1. The molecule has 0 fully saturated rings. The van der Waals surface area contributed by atoms with E-state index in [-0.39, 0.29) is 11.8 Å². The molecule has 2 aromatic carbocycles. The Balaban J connectivity index is 1.54. The number of halogens is 1. The number of imidazole rings is 1. The molecule has 0 spiro atoms. The molecule has 6 nitrogen and oxygen atoms in total. The second-order valence-corrected chi connectivity index (χ2v) is 9.47. The van der Waals surface area contributed by atoms with E-state index in [1.54, 1.807) is 0 Å². The normalized spacial score (nSPS) is 11.0. The third-order valence-corrected chi connectivity index (χ3v) is 6.36. The quantitative estimate of drug-likeness (QED) is 0.295. The number of aromatic nitrogens is 2. The number of hydrogen-bond donors (Lipinski definition) is 1. The zero-order chi connectivity index (χ0) is 24.3. The van der Waals surface area contributed by atoms with Crippen LogP contribution in [0.4, 0.5) is 0 Å². The summed E-state index contributed by atoms with van der Waals surface area (Å²) in [5.74, 6) is 1.07. The number of amides is 2. The van der Waals surface area contributed by atoms with Gasteiger partial charge in [0, 0.05) is 36.1 Å².